The van der Waals surface area contributed by atoms with E-state index in [1.165, 1.54) is 160 Å². The van der Waals surface area contributed by atoms with Gasteiger partial charge >= 0.3 is 0 Å². The van der Waals surface area contributed by atoms with Gasteiger partial charge in [-0.1, -0.05) is 140 Å². The fourth-order valence-electron chi connectivity index (χ4n) is 6.65. The highest BCUT2D eigenvalue weighted by Gasteiger charge is 2.13. The minimum Gasteiger partial charge on any atom is -0.493 e. The zero-order chi connectivity index (χ0) is 35.4. The predicted octanol–water partition coefficient (Wildman–Crippen LogP) is 14.7. The first-order valence-corrected chi connectivity index (χ1v) is 21.5. The van der Waals surface area contributed by atoms with Gasteiger partial charge in [0.25, 0.3) is 0 Å². The Labute approximate surface area is 311 Å². The van der Waals surface area contributed by atoms with Crippen molar-refractivity contribution in [3.05, 3.63) is 72.4 Å². The average molecular weight is 690 g/mol. The first-order chi connectivity index (χ1) is 24.8. The Morgan fingerprint density at radius 2 is 0.840 bits per heavy atom. The lowest BCUT2D eigenvalue weighted by atomic mass is 10.1. The Bertz CT molecular complexity index is 934. The van der Waals surface area contributed by atoms with Crippen molar-refractivity contribution in [2.45, 2.75) is 187 Å². The second kappa shape index (κ2) is 33.9. The van der Waals surface area contributed by atoms with Gasteiger partial charge < -0.3 is 9.47 Å². The summed E-state index contributed by atoms with van der Waals surface area (Å²) in [5.74, 6) is 1.97. The van der Waals surface area contributed by atoms with Crippen molar-refractivity contribution in [2.24, 2.45) is 0 Å². The summed E-state index contributed by atoms with van der Waals surface area (Å²) in [5.41, 5.74) is 1.33. The monoisotopic (exact) mass is 690 g/mol. The molecule has 1 aromatic carbocycles. The second-order valence-electron chi connectivity index (χ2n) is 14.7. The van der Waals surface area contributed by atoms with Crippen LogP contribution in [0.5, 0.6) is 11.5 Å². The number of hydrogen-bond acceptors (Lipinski definition) is 3. The van der Waals surface area contributed by atoms with Gasteiger partial charge in [0.1, 0.15) is 11.5 Å². The molecule has 3 nitrogen and oxygen atoms in total. The van der Waals surface area contributed by atoms with Crippen LogP contribution < -0.4 is 9.47 Å². The minimum absolute atomic E-state index is 0.799. The minimum atomic E-state index is 0.799. The topological polar surface area (TPSA) is 21.7 Å². The molecule has 50 heavy (non-hydrogen) atoms. The third kappa shape index (κ3) is 26.5. The highest BCUT2D eigenvalue weighted by Crippen LogP contribution is 2.26. The van der Waals surface area contributed by atoms with Crippen molar-refractivity contribution in [2.75, 3.05) is 26.3 Å². The van der Waals surface area contributed by atoms with Crippen molar-refractivity contribution in [3.63, 3.8) is 0 Å². The third-order valence-corrected chi connectivity index (χ3v) is 9.77. The Morgan fingerprint density at radius 1 is 0.460 bits per heavy atom. The standard InChI is InChI=1S/C47H79NO2/c1-3-5-7-9-11-13-15-17-19-21-23-25-27-29-31-35-39-49-46-41-45(44-48-37-33-34-38-48)42-47(43-46)50-40-36-32-30-28-26-24-22-20-18-16-14-12-10-8-6-4-2/h11-14,17-20,41-43H,3-10,15-16,21-40,44H2,1-2H3. The molecule has 1 heterocycles. The van der Waals surface area contributed by atoms with Gasteiger partial charge in [-0.25, -0.2) is 0 Å². The van der Waals surface area contributed by atoms with E-state index >= 15 is 0 Å². The lowest BCUT2D eigenvalue weighted by molar-refractivity contribution is 0.286. The van der Waals surface area contributed by atoms with E-state index in [1.807, 2.05) is 0 Å². The van der Waals surface area contributed by atoms with Crippen LogP contribution in [0.25, 0.3) is 0 Å². The van der Waals surface area contributed by atoms with Crippen molar-refractivity contribution >= 4 is 0 Å². The zero-order valence-corrected chi connectivity index (χ0v) is 33.0. The molecule has 0 unspecified atom stereocenters. The van der Waals surface area contributed by atoms with Crippen LogP contribution >= 0.6 is 0 Å². The fraction of sp³-hybridized carbons (Fsp3) is 0.702. The van der Waals surface area contributed by atoms with Crippen LogP contribution in [0.4, 0.5) is 0 Å². The molecule has 1 aromatic rings. The van der Waals surface area contributed by atoms with E-state index in [0.717, 1.165) is 56.9 Å². The summed E-state index contributed by atoms with van der Waals surface area (Å²) in [6, 6.07) is 6.63. The number of nitrogens with zero attached hydrogens (tertiary/aromatic N) is 1. The van der Waals surface area contributed by atoms with Crippen molar-refractivity contribution < 1.29 is 9.47 Å². The normalized spacial score (nSPS) is 14.0. The van der Waals surface area contributed by atoms with Crippen molar-refractivity contribution in [3.8, 4) is 11.5 Å². The highest BCUT2D eigenvalue weighted by molar-refractivity contribution is 5.38. The number of likely N-dealkylation sites (tertiary alicyclic amines) is 1. The molecule has 0 aliphatic carbocycles. The first kappa shape index (κ1) is 43.9. The van der Waals surface area contributed by atoms with Gasteiger partial charge in [0, 0.05) is 12.6 Å². The van der Waals surface area contributed by atoms with Crippen LogP contribution in [-0.4, -0.2) is 31.2 Å². The van der Waals surface area contributed by atoms with Gasteiger partial charge in [0.05, 0.1) is 13.2 Å². The maximum Gasteiger partial charge on any atom is 0.123 e. The van der Waals surface area contributed by atoms with Gasteiger partial charge in [-0.05, 0) is 121 Å². The van der Waals surface area contributed by atoms with E-state index in [-0.39, 0.29) is 0 Å². The van der Waals surface area contributed by atoms with Crippen LogP contribution in [0.15, 0.2) is 66.8 Å². The number of allylic oxidation sites excluding steroid dienone is 8. The predicted molar refractivity (Wildman–Crippen MR) is 221 cm³/mol. The van der Waals surface area contributed by atoms with E-state index in [2.05, 4.69) is 85.6 Å². The number of unbranched alkanes of at least 4 members (excludes halogenated alkanes) is 18. The molecule has 1 fully saturated rings. The summed E-state index contributed by atoms with van der Waals surface area (Å²) in [6.07, 6.45) is 51.9. The largest absolute Gasteiger partial charge is 0.493 e. The van der Waals surface area contributed by atoms with Gasteiger partial charge in [-0.15, -0.1) is 0 Å². The van der Waals surface area contributed by atoms with Gasteiger partial charge in [0.2, 0.25) is 0 Å². The molecule has 0 amide bonds. The molecule has 1 aliphatic rings. The van der Waals surface area contributed by atoms with E-state index in [0.29, 0.717) is 0 Å². The third-order valence-electron chi connectivity index (χ3n) is 9.77. The molecule has 0 spiro atoms. The molecular weight excluding hydrogens is 611 g/mol. The molecule has 0 saturated carbocycles. The van der Waals surface area contributed by atoms with E-state index < -0.39 is 0 Å². The number of hydrogen-bond donors (Lipinski definition) is 0. The lowest BCUT2D eigenvalue weighted by Crippen LogP contribution is -2.18. The van der Waals surface area contributed by atoms with Gasteiger partial charge in [0.15, 0.2) is 0 Å². The molecule has 3 heteroatoms. The summed E-state index contributed by atoms with van der Waals surface area (Å²) in [6.45, 7) is 9.55. The molecule has 284 valence electrons. The van der Waals surface area contributed by atoms with E-state index in [9.17, 15) is 0 Å². The van der Waals surface area contributed by atoms with Crippen LogP contribution in [0.1, 0.15) is 186 Å². The Hall–Kier alpha value is -2.26. The molecule has 2 rings (SSSR count). The van der Waals surface area contributed by atoms with Crippen LogP contribution in [0, 0.1) is 0 Å². The van der Waals surface area contributed by atoms with Crippen LogP contribution in [-0.2, 0) is 6.54 Å². The van der Waals surface area contributed by atoms with Crippen molar-refractivity contribution in [1.82, 2.24) is 4.90 Å². The maximum atomic E-state index is 6.29. The first-order valence-electron chi connectivity index (χ1n) is 21.5. The van der Waals surface area contributed by atoms with Gasteiger partial charge in [-0.3, -0.25) is 4.90 Å². The zero-order valence-electron chi connectivity index (χ0n) is 33.0. The average Bonchev–Trinajstić information content (AvgIpc) is 3.64. The molecule has 0 atom stereocenters. The summed E-state index contributed by atoms with van der Waals surface area (Å²) in [7, 11) is 0. The molecule has 0 N–H and O–H groups in total. The highest BCUT2D eigenvalue weighted by atomic mass is 16.5. The smallest absolute Gasteiger partial charge is 0.123 e. The number of rotatable bonds is 34. The second-order valence-corrected chi connectivity index (χ2v) is 14.7. The summed E-state index contributed by atoms with van der Waals surface area (Å²) in [4.78, 5) is 2.56. The van der Waals surface area contributed by atoms with Crippen LogP contribution in [0.2, 0.25) is 0 Å². The Kier molecular flexibility index (Phi) is 29.7. The Morgan fingerprint density at radius 3 is 1.26 bits per heavy atom. The quantitative estimate of drug-likeness (QED) is 0.0531. The summed E-state index contributed by atoms with van der Waals surface area (Å²) in [5, 5.41) is 0. The molecule has 1 aliphatic heterocycles. The molecule has 1 saturated heterocycles. The van der Waals surface area contributed by atoms with E-state index in [4.69, 9.17) is 9.47 Å². The van der Waals surface area contributed by atoms with E-state index in [1.54, 1.807) is 0 Å². The molecule has 0 radical (unpaired) electrons. The summed E-state index contributed by atoms with van der Waals surface area (Å²) >= 11 is 0. The number of benzene rings is 1. The molecule has 0 aromatic heterocycles. The summed E-state index contributed by atoms with van der Waals surface area (Å²) < 4.78 is 12.6. The van der Waals surface area contributed by atoms with Gasteiger partial charge in [-0.2, -0.15) is 0 Å². The molecular formula is C47H79NO2. The number of ether oxygens (including phenoxy) is 2. The Balaban J connectivity index is 1.54. The molecule has 0 bridgehead atoms. The lowest BCUT2D eigenvalue weighted by Gasteiger charge is -2.17. The SMILES string of the molecule is CCCCCC=CCC=CCCCCCCCCOc1cc(CN2CCCC2)cc(OCCCCCCCCC=CCC=CCCCCC)c1. The van der Waals surface area contributed by atoms with Crippen molar-refractivity contribution in [1.29, 1.82) is 0 Å². The fourth-order valence-corrected chi connectivity index (χ4v) is 6.65. The van der Waals surface area contributed by atoms with Crippen LogP contribution in [0.3, 0.4) is 0 Å². The maximum absolute atomic E-state index is 6.29.